The van der Waals surface area contributed by atoms with Crippen molar-refractivity contribution in [2.75, 3.05) is 11.9 Å². The number of phenolic OH excluding ortho intramolecular Hbond substituents is 1. The molecule has 2 aromatic carbocycles. The second-order valence-electron chi connectivity index (χ2n) is 8.58. The van der Waals surface area contributed by atoms with Crippen molar-refractivity contribution in [1.82, 2.24) is 19.9 Å². The molecule has 0 aliphatic heterocycles. The molecule has 3 heterocycles. The van der Waals surface area contributed by atoms with Gasteiger partial charge >= 0.3 is 0 Å². The Labute approximate surface area is 223 Å². The van der Waals surface area contributed by atoms with Crippen LogP contribution in [0.25, 0.3) is 22.5 Å². The van der Waals surface area contributed by atoms with Crippen molar-refractivity contribution in [3.63, 3.8) is 0 Å². The van der Waals surface area contributed by atoms with Gasteiger partial charge in [-0.2, -0.15) is 5.11 Å². The first-order valence-corrected chi connectivity index (χ1v) is 12.1. The minimum Gasteiger partial charge on any atom is -0.508 e. The summed E-state index contributed by atoms with van der Waals surface area (Å²) in [5.74, 6) is -0.371. The van der Waals surface area contributed by atoms with E-state index < -0.39 is 5.82 Å². The van der Waals surface area contributed by atoms with Crippen molar-refractivity contribution in [1.29, 1.82) is 0 Å². The second kappa shape index (κ2) is 12.0. The average Bonchev–Trinajstić information content (AvgIpc) is 2.96. The Morgan fingerprint density at radius 2 is 1.67 bits per heavy atom. The van der Waals surface area contributed by atoms with Gasteiger partial charge in [-0.1, -0.05) is 30.3 Å². The number of halogens is 1. The number of anilines is 2. The lowest BCUT2D eigenvalue weighted by molar-refractivity contribution is 0.299. The zero-order chi connectivity index (χ0) is 27.0. The fourth-order valence-electron chi connectivity index (χ4n) is 3.79. The molecule has 3 aromatic heterocycles. The molecule has 0 radical (unpaired) electrons. The van der Waals surface area contributed by atoms with Gasteiger partial charge in [0.05, 0.1) is 29.5 Å². The number of pyridine rings is 2. The van der Waals surface area contributed by atoms with Gasteiger partial charge in [0.25, 0.3) is 5.95 Å². The summed E-state index contributed by atoms with van der Waals surface area (Å²) in [6.45, 7) is 0.209. The normalized spacial score (nSPS) is 11.1. The SMILES string of the molecule is OCCc1ccc(-c2nc(N=NCc3ccc(Nc4ccc(-c5cccc(O)c5)cc4)cn3)ncc2F)nc1. The number of rotatable bonds is 9. The lowest BCUT2D eigenvalue weighted by Gasteiger charge is -2.08. The first-order valence-electron chi connectivity index (χ1n) is 12.1. The summed E-state index contributed by atoms with van der Waals surface area (Å²) in [7, 11) is 0. The Hall–Kier alpha value is -5.09. The highest BCUT2D eigenvalue weighted by Gasteiger charge is 2.11. The Kier molecular flexibility index (Phi) is 7.84. The fourth-order valence-corrected chi connectivity index (χ4v) is 3.79. The molecule has 0 atom stereocenters. The molecule has 39 heavy (non-hydrogen) atoms. The molecule has 0 unspecified atom stereocenters. The van der Waals surface area contributed by atoms with Crippen molar-refractivity contribution in [3.05, 3.63) is 108 Å². The maximum Gasteiger partial charge on any atom is 0.269 e. The Morgan fingerprint density at radius 3 is 2.38 bits per heavy atom. The maximum absolute atomic E-state index is 14.3. The van der Waals surface area contributed by atoms with E-state index in [4.69, 9.17) is 5.11 Å². The van der Waals surface area contributed by atoms with E-state index in [-0.39, 0.29) is 30.5 Å². The van der Waals surface area contributed by atoms with E-state index in [2.05, 4.69) is 35.5 Å². The summed E-state index contributed by atoms with van der Waals surface area (Å²) in [6.07, 6.45) is 4.78. The number of benzene rings is 2. The van der Waals surface area contributed by atoms with Gasteiger partial charge in [0.15, 0.2) is 5.82 Å². The Balaban J connectivity index is 1.19. The molecule has 0 saturated heterocycles. The second-order valence-corrected chi connectivity index (χ2v) is 8.58. The number of hydrogen-bond acceptors (Lipinski definition) is 9. The van der Waals surface area contributed by atoms with Gasteiger partial charge in [0, 0.05) is 18.5 Å². The zero-order valence-corrected chi connectivity index (χ0v) is 20.7. The number of aromatic nitrogens is 4. The topological polar surface area (TPSA) is 129 Å². The average molecular weight is 522 g/mol. The molecule has 194 valence electrons. The van der Waals surface area contributed by atoms with Crippen LogP contribution in [0, 0.1) is 5.82 Å². The van der Waals surface area contributed by atoms with Crippen molar-refractivity contribution in [3.8, 4) is 28.3 Å². The predicted molar refractivity (Wildman–Crippen MR) is 145 cm³/mol. The number of aromatic hydroxyl groups is 1. The van der Waals surface area contributed by atoms with Crippen LogP contribution in [0.4, 0.5) is 21.7 Å². The third-order valence-corrected chi connectivity index (χ3v) is 5.77. The van der Waals surface area contributed by atoms with E-state index in [1.54, 1.807) is 36.7 Å². The minimum absolute atomic E-state index is 0.0117. The fraction of sp³-hybridized carbons (Fsp3) is 0.103. The first kappa shape index (κ1) is 25.6. The van der Waals surface area contributed by atoms with E-state index in [0.29, 0.717) is 17.8 Å². The van der Waals surface area contributed by atoms with Gasteiger partial charge in [-0.3, -0.25) is 9.97 Å². The standard InChI is InChI=1S/C29H24FN7O2/c30-26-18-33-29(36-28(26)27-11-4-19(12-13-38)15-32-27)37-34-17-23-9-10-24(16-31-23)35-22-7-5-20(6-8-22)21-2-1-3-25(39)14-21/h1-11,14-16,18,35,38-39H,12-13,17H2. The molecule has 9 nitrogen and oxygen atoms in total. The van der Waals surface area contributed by atoms with E-state index >= 15 is 0 Å². The highest BCUT2D eigenvalue weighted by molar-refractivity contribution is 5.69. The quantitative estimate of drug-likeness (QED) is 0.203. The van der Waals surface area contributed by atoms with Crippen molar-refractivity contribution >= 4 is 17.3 Å². The van der Waals surface area contributed by atoms with Crippen LogP contribution in [0.3, 0.4) is 0 Å². The molecule has 0 bridgehead atoms. The monoisotopic (exact) mass is 521 g/mol. The molecule has 5 rings (SSSR count). The number of aliphatic hydroxyl groups is 1. The Bertz CT molecular complexity index is 1580. The highest BCUT2D eigenvalue weighted by atomic mass is 19.1. The summed E-state index contributed by atoms with van der Waals surface area (Å²) >= 11 is 0. The van der Waals surface area contributed by atoms with E-state index in [9.17, 15) is 9.50 Å². The van der Waals surface area contributed by atoms with Crippen LogP contribution in [0.5, 0.6) is 5.75 Å². The van der Waals surface area contributed by atoms with Gasteiger partial charge in [0.1, 0.15) is 18.0 Å². The summed E-state index contributed by atoms with van der Waals surface area (Å²) in [4.78, 5) is 16.7. The van der Waals surface area contributed by atoms with Gasteiger partial charge in [0.2, 0.25) is 0 Å². The number of azo groups is 1. The molecular weight excluding hydrogens is 497 g/mol. The maximum atomic E-state index is 14.3. The smallest absolute Gasteiger partial charge is 0.269 e. The molecule has 0 fully saturated rings. The molecule has 0 aliphatic carbocycles. The van der Waals surface area contributed by atoms with Gasteiger partial charge in [-0.15, -0.1) is 5.11 Å². The molecule has 0 aliphatic rings. The Morgan fingerprint density at radius 1 is 0.821 bits per heavy atom. The number of hydrogen-bond donors (Lipinski definition) is 3. The van der Waals surface area contributed by atoms with Crippen molar-refractivity contribution < 1.29 is 14.6 Å². The molecule has 10 heteroatoms. The first-order chi connectivity index (χ1) is 19.1. The molecule has 0 amide bonds. The van der Waals surface area contributed by atoms with E-state index in [1.165, 1.54) is 0 Å². The summed E-state index contributed by atoms with van der Waals surface area (Å²) < 4.78 is 14.3. The van der Waals surface area contributed by atoms with E-state index in [1.807, 2.05) is 48.5 Å². The predicted octanol–water partition coefficient (Wildman–Crippen LogP) is 6.01. The van der Waals surface area contributed by atoms with Crippen LogP contribution in [-0.2, 0) is 13.0 Å². The number of nitrogens with zero attached hydrogens (tertiary/aromatic N) is 6. The van der Waals surface area contributed by atoms with Gasteiger partial charge in [-0.05, 0) is 65.6 Å². The van der Waals surface area contributed by atoms with Crippen molar-refractivity contribution in [2.45, 2.75) is 13.0 Å². The van der Waals surface area contributed by atoms with Crippen LogP contribution in [0.1, 0.15) is 11.3 Å². The lowest BCUT2D eigenvalue weighted by Crippen LogP contribution is -1.96. The van der Waals surface area contributed by atoms with Crippen LogP contribution in [0.2, 0.25) is 0 Å². The molecule has 0 saturated carbocycles. The number of aliphatic hydroxyl groups excluding tert-OH is 1. The third-order valence-electron chi connectivity index (χ3n) is 5.77. The van der Waals surface area contributed by atoms with Crippen LogP contribution < -0.4 is 5.32 Å². The number of phenols is 1. The largest absolute Gasteiger partial charge is 0.508 e. The summed E-state index contributed by atoms with van der Waals surface area (Å²) in [6, 6.07) is 22.1. The lowest BCUT2D eigenvalue weighted by atomic mass is 10.1. The zero-order valence-electron chi connectivity index (χ0n) is 20.7. The van der Waals surface area contributed by atoms with Crippen LogP contribution in [-0.4, -0.2) is 36.8 Å². The summed E-state index contributed by atoms with van der Waals surface area (Å²) in [5.41, 5.74) is 5.54. The van der Waals surface area contributed by atoms with Gasteiger partial charge in [-0.25, -0.2) is 14.4 Å². The number of nitrogens with one attached hydrogen (secondary N) is 1. The van der Waals surface area contributed by atoms with Crippen LogP contribution in [0.15, 0.2) is 102 Å². The van der Waals surface area contributed by atoms with Crippen LogP contribution >= 0.6 is 0 Å². The highest BCUT2D eigenvalue weighted by Crippen LogP contribution is 2.26. The molecular formula is C29H24FN7O2. The van der Waals surface area contributed by atoms with Crippen molar-refractivity contribution in [2.24, 2.45) is 10.2 Å². The molecule has 3 N–H and O–H groups in total. The van der Waals surface area contributed by atoms with Gasteiger partial charge < -0.3 is 15.5 Å². The minimum atomic E-state index is -0.616. The van der Waals surface area contributed by atoms with E-state index in [0.717, 1.165) is 34.3 Å². The molecule has 5 aromatic rings. The molecule has 0 spiro atoms. The third kappa shape index (κ3) is 6.62. The summed E-state index contributed by atoms with van der Waals surface area (Å²) in [5, 5.41) is 30.1.